The van der Waals surface area contributed by atoms with E-state index in [-0.39, 0.29) is 11.8 Å². The first-order valence-electron chi connectivity index (χ1n) is 8.21. The normalized spacial score (nSPS) is 19.5. The second-order valence-electron chi connectivity index (χ2n) is 6.12. The van der Waals surface area contributed by atoms with E-state index in [1.807, 2.05) is 49.4 Å². The second-order valence-corrected chi connectivity index (χ2v) is 7.06. The number of fused-ring (bicyclic) bond motifs is 1. The van der Waals surface area contributed by atoms with Crippen molar-refractivity contribution in [2.45, 2.75) is 19.9 Å². The molecule has 0 radical (unpaired) electrons. The molecule has 1 aromatic heterocycles. The summed E-state index contributed by atoms with van der Waals surface area (Å²) in [7, 11) is 0. The van der Waals surface area contributed by atoms with Crippen LogP contribution in [0.15, 0.2) is 63.1 Å². The highest BCUT2D eigenvalue weighted by Crippen LogP contribution is 2.41. The van der Waals surface area contributed by atoms with Crippen molar-refractivity contribution < 1.29 is 14.0 Å². The van der Waals surface area contributed by atoms with E-state index in [0.717, 1.165) is 5.76 Å². The van der Waals surface area contributed by atoms with Gasteiger partial charge in [0.05, 0.1) is 17.0 Å². The number of nitrogens with zero attached hydrogens (tertiary/aromatic N) is 2. The van der Waals surface area contributed by atoms with Gasteiger partial charge in [-0.15, -0.1) is 0 Å². The zero-order chi connectivity index (χ0) is 18.3. The van der Waals surface area contributed by atoms with Gasteiger partial charge in [0.1, 0.15) is 17.6 Å². The van der Waals surface area contributed by atoms with Gasteiger partial charge in [-0.05, 0) is 38.1 Å². The van der Waals surface area contributed by atoms with Gasteiger partial charge >= 0.3 is 0 Å². The average Bonchev–Trinajstić information content (AvgIpc) is 3.20. The standard InChI is InChI=1S/C19H17N3O3S/c1-11-8-9-14(25-11)17-16(18(24)21-13-6-4-3-5-7-13)12(2)20-19-22(17)15(23)10-26-19/h3-9,17H,10H2,1-2H3,(H,21,24)/t17-/m1/s1. The number of rotatable bonds is 3. The van der Waals surface area contributed by atoms with E-state index in [1.165, 1.54) is 11.8 Å². The minimum atomic E-state index is -0.609. The number of aryl methyl sites for hydroxylation is 1. The summed E-state index contributed by atoms with van der Waals surface area (Å²) >= 11 is 1.38. The molecule has 0 spiro atoms. The molecule has 2 aliphatic rings. The molecular weight excluding hydrogens is 350 g/mol. The third-order valence-corrected chi connectivity index (χ3v) is 5.23. The molecule has 0 unspecified atom stereocenters. The minimum Gasteiger partial charge on any atom is -0.464 e. The van der Waals surface area contributed by atoms with Gasteiger partial charge in [-0.3, -0.25) is 14.5 Å². The summed E-state index contributed by atoms with van der Waals surface area (Å²) in [6.07, 6.45) is 0. The molecule has 1 N–H and O–H groups in total. The predicted octanol–water partition coefficient (Wildman–Crippen LogP) is 3.49. The lowest BCUT2D eigenvalue weighted by Gasteiger charge is -2.31. The Kier molecular flexibility index (Phi) is 4.16. The van der Waals surface area contributed by atoms with Crippen LogP contribution in [0.2, 0.25) is 0 Å². The van der Waals surface area contributed by atoms with Gasteiger partial charge in [-0.25, -0.2) is 4.99 Å². The summed E-state index contributed by atoms with van der Waals surface area (Å²) in [6.45, 7) is 3.62. The fourth-order valence-corrected chi connectivity index (χ4v) is 4.06. The molecular formula is C19H17N3O3S. The van der Waals surface area contributed by atoms with E-state index in [9.17, 15) is 9.59 Å². The fraction of sp³-hybridized carbons (Fsp3) is 0.211. The van der Waals surface area contributed by atoms with Crippen LogP contribution in [-0.4, -0.2) is 27.6 Å². The van der Waals surface area contributed by atoms with Gasteiger partial charge < -0.3 is 9.73 Å². The van der Waals surface area contributed by atoms with Gasteiger partial charge in [0.2, 0.25) is 5.91 Å². The summed E-state index contributed by atoms with van der Waals surface area (Å²) in [5.74, 6) is 1.23. The number of amidine groups is 1. The van der Waals surface area contributed by atoms with Crippen molar-refractivity contribution in [3.05, 3.63) is 65.3 Å². The molecule has 1 saturated heterocycles. The van der Waals surface area contributed by atoms with Crippen molar-refractivity contribution in [1.82, 2.24) is 4.90 Å². The van der Waals surface area contributed by atoms with E-state index in [2.05, 4.69) is 10.3 Å². The highest BCUT2D eigenvalue weighted by molar-refractivity contribution is 8.15. The van der Waals surface area contributed by atoms with Crippen molar-refractivity contribution >= 4 is 34.4 Å². The van der Waals surface area contributed by atoms with Gasteiger partial charge in [0.15, 0.2) is 5.17 Å². The molecule has 0 aliphatic carbocycles. The zero-order valence-corrected chi connectivity index (χ0v) is 15.2. The Morgan fingerprint density at radius 2 is 2.00 bits per heavy atom. The largest absolute Gasteiger partial charge is 0.464 e. The summed E-state index contributed by atoms with van der Waals surface area (Å²) in [4.78, 5) is 31.5. The molecule has 1 atom stereocenters. The summed E-state index contributed by atoms with van der Waals surface area (Å²) < 4.78 is 5.79. The van der Waals surface area contributed by atoms with Crippen LogP contribution in [-0.2, 0) is 9.59 Å². The maximum atomic E-state index is 13.0. The lowest BCUT2D eigenvalue weighted by molar-refractivity contribution is -0.125. The molecule has 0 bridgehead atoms. The van der Waals surface area contributed by atoms with Crippen LogP contribution in [0.25, 0.3) is 0 Å². The molecule has 6 nitrogen and oxygen atoms in total. The van der Waals surface area contributed by atoms with Gasteiger partial charge in [0.25, 0.3) is 5.91 Å². The van der Waals surface area contributed by atoms with E-state index in [4.69, 9.17) is 4.42 Å². The molecule has 1 aromatic carbocycles. The molecule has 2 aliphatic heterocycles. The van der Waals surface area contributed by atoms with Crippen LogP contribution < -0.4 is 5.32 Å². The van der Waals surface area contributed by atoms with Crippen LogP contribution in [0.1, 0.15) is 24.5 Å². The van der Waals surface area contributed by atoms with E-state index < -0.39 is 6.04 Å². The smallest absolute Gasteiger partial charge is 0.256 e. The number of amides is 2. The molecule has 7 heteroatoms. The van der Waals surface area contributed by atoms with Crippen LogP contribution in [0, 0.1) is 6.92 Å². The molecule has 2 amide bonds. The average molecular weight is 367 g/mol. The van der Waals surface area contributed by atoms with Gasteiger partial charge in [0, 0.05) is 5.69 Å². The van der Waals surface area contributed by atoms with E-state index in [0.29, 0.717) is 33.6 Å². The van der Waals surface area contributed by atoms with Crippen molar-refractivity contribution in [2.75, 3.05) is 11.1 Å². The van der Waals surface area contributed by atoms with Gasteiger partial charge in [-0.1, -0.05) is 30.0 Å². The number of aliphatic imine (C=N–C) groups is 1. The first-order chi connectivity index (χ1) is 12.5. The minimum absolute atomic E-state index is 0.0784. The Morgan fingerprint density at radius 1 is 1.23 bits per heavy atom. The number of thioether (sulfide) groups is 1. The van der Waals surface area contributed by atoms with Crippen LogP contribution in [0.5, 0.6) is 0 Å². The Labute approximate surface area is 155 Å². The molecule has 3 heterocycles. The van der Waals surface area contributed by atoms with E-state index >= 15 is 0 Å². The number of carbonyl (C=O) groups excluding carboxylic acids is 2. The number of hydrogen-bond acceptors (Lipinski definition) is 5. The van der Waals surface area contributed by atoms with Crippen LogP contribution in [0.3, 0.4) is 0 Å². The quantitative estimate of drug-likeness (QED) is 0.901. The van der Waals surface area contributed by atoms with Crippen molar-refractivity contribution in [3.8, 4) is 0 Å². The molecule has 1 fully saturated rings. The van der Waals surface area contributed by atoms with Crippen molar-refractivity contribution in [2.24, 2.45) is 4.99 Å². The monoisotopic (exact) mass is 367 g/mol. The molecule has 4 rings (SSSR count). The van der Waals surface area contributed by atoms with Crippen molar-refractivity contribution in [3.63, 3.8) is 0 Å². The topological polar surface area (TPSA) is 74.9 Å². The molecule has 132 valence electrons. The Hall–Kier alpha value is -2.80. The lowest BCUT2D eigenvalue weighted by atomic mass is 9.98. The third kappa shape index (κ3) is 2.84. The number of carbonyl (C=O) groups is 2. The first kappa shape index (κ1) is 16.7. The molecule has 26 heavy (non-hydrogen) atoms. The maximum absolute atomic E-state index is 13.0. The Balaban J connectivity index is 1.77. The van der Waals surface area contributed by atoms with E-state index in [1.54, 1.807) is 11.8 Å². The number of nitrogens with one attached hydrogen (secondary N) is 1. The Morgan fingerprint density at radius 3 is 2.69 bits per heavy atom. The number of benzene rings is 1. The first-order valence-corrected chi connectivity index (χ1v) is 9.20. The number of anilines is 1. The summed E-state index contributed by atoms with van der Waals surface area (Å²) in [5, 5.41) is 3.50. The molecule has 2 aromatic rings. The van der Waals surface area contributed by atoms with Gasteiger partial charge in [-0.2, -0.15) is 0 Å². The number of hydrogen-bond donors (Lipinski definition) is 1. The third-order valence-electron chi connectivity index (χ3n) is 4.29. The highest BCUT2D eigenvalue weighted by atomic mass is 32.2. The summed E-state index contributed by atoms with van der Waals surface area (Å²) in [6, 6.07) is 12.2. The zero-order valence-electron chi connectivity index (χ0n) is 14.4. The lowest BCUT2D eigenvalue weighted by Crippen LogP contribution is -2.40. The predicted molar refractivity (Wildman–Crippen MR) is 101 cm³/mol. The van der Waals surface area contributed by atoms with Crippen LogP contribution in [0.4, 0.5) is 5.69 Å². The van der Waals surface area contributed by atoms with Crippen molar-refractivity contribution in [1.29, 1.82) is 0 Å². The molecule has 0 saturated carbocycles. The maximum Gasteiger partial charge on any atom is 0.256 e. The number of furan rings is 1. The fourth-order valence-electron chi connectivity index (χ4n) is 3.12. The highest BCUT2D eigenvalue weighted by Gasteiger charge is 2.44. The summed E-state index contributed by atoms with van der Waals surface area (Å²) in [5.41, 5.74) is 1.69. The number of para-hydroxylation sites is 1. The second kappa shape index (κ2) is 6.49. The SMILES string of the molecule is CC1=C(C(=O)Nc2ccccc2)[C@@H](c2ccc(C)o2)N2C(=O)CSC2=N1. The Bertz CT molecular complexity index is 946. The van der Waals surface area contributed by atoms with Crippen LogP contribution >= 0.6 is 11.8 Å². The number of allylic oxidation sites excluding steroid dienone is 1.